The lowest BCUT2D eigenvalue weighted by Crippen LogP contribution is -2.42. The van der Waals surface area contributed by atoms with Crippen LogP contribution in [-0.2, 0) is 14.4 Å². The first-order valence-electron chi connectivity index (χ1n) is 9.65. The van der Waals surface area contributed by atoms with Crippen LogP contribution in [-0.4, -0.2) is 50.5 Å². The molecule has 2 aromatic rings. The van der Waals surface area contributed by atoms with Gasteiger partial charge in [-0.1, -0.05) is 60.5 Å². The van der Waals surface area contributed by atoms with Gasteiger partial charge in [-0.3, -0.25) is 9.59 Å². The Morgan fingerprint density at radius 1 is 1.00 bits per heavy atom. The molecule has 0 aliphatic rings. The van der Waals surface area contributed by atoms with Crippen molar-refractivity contribution in [3.63, 3.8) is 0 Å². The van der Waals surface area contributed by atoms with Crippen LogP contribution >= 0.6 is 23.2 Å². The third-order valence-electron chi connectivity index (χ3n) is 4.45. The van der Waals surface area contributed by atoms with Gasteiger partial charge in [-0.15, -0.1) is 0 Å². The number of hydrogen-bond acceptors (Lipinski definition) is 6. The minimum atomic E-state index is -2.74. The fraction of sp³-hybridized carbons (Fsp3) is 0.318. The topological polar surface area (TPSA) is 167 Å². The average molecular weight is 502 g/mol. The number of carboxylic acids is 3. The highest BCUT2D eigenvalue weighted by Gasteiger charge is 2.40. The summed E-state index contributed by atoms with van der Waals surface area (Å²) in [5.41, 5.74) is 4.13. The standard InChI is InChI=1S/C16H17Cl2NO.C6H8O7/c1-11(10-19)16(12-5-3-2-4-6-12)20-15-8-7-13(17)9-14(15)18;7-3(8)1-6(13,5(11)12)2-4(9)10/h2-9,11,16H,10,19H2,1H3;13H,1-2H2,(H,7,8)(H,9,10)(H,11,12). The summed E-state index contributed by atoms with van der Waals surface area (Å²) in [6.45, 7) is 2.59. The molecule has 9 nitrogen and oxygen atoms in total. The molecule has 6 N–H and O–H groups in total. The second kappa shape index (κ2) is 13.0. The largest absolute Gasteiger partial charge is 0.484 e. The minimum absolute atomic E-state index is 0.139. The molecule has 0 fully saturated rings. The first-order valence-corrected chi connectivity index (χ1v) is 10.4. The number of aliphatic hydroxyl groups is 1. The molecule has 180 valence electrons. The predicted molar refractivity (Wildman–Crippen MR) is 122 cm³/mol. The predicted octanol–water partition coefficient (Wildman–Crippen LogP) is 3.46. The van der Waals surface area contributed by atoms with Crippen molar-refractivity contribution in [3.8, 4) is 5.75 Å². The number of carbonyl (C=O) groups is 3. The van der Waals surface area contributed by atoms with Gasteiger partial charge in [0, 0.05) is 10.9 Å². The van der Waals surface area contributed by atoms with Crippen LogP contribution in [0.2, 0.25) is 10.0 Å². The Kier molecular flexibility index (Phi) is 11.1. The Morgan fingerprint density at radius 2 is 1.55 bits per heavy atom. The summed E-state index contributed by atoms with van der Waals surface area (Å²) in [5.74, 6) is -4.23. The fourth-order valence-electron chi connectivity index (χ4n) is 2.70. The highest BCUT2D eigenvalue weighted by Crippen LogP contribution is 2.34. The van der Waals surface area contributed by atoms with Gasteiger partial charge in [-0.2, -0.15) is 0 Å². The summed E-state index contributed by atoms with van der Waals surface area (Å²) in [4.78, 5) is 30.5. The third-order valence-corrected chi connectivity index (χ3v) is 4.98. The molecule has 2 aromatic carbocycles. The molecular formula is C22H25Cl2NO8. The normalized spacial score (nSPS) is 12.6. The van der Waals surface area contributed by atoms with E-state index in [9.17, 15) is 14.4 Å². The zero-order valence-corrected chi connectivity index (χ0v) is 19.2. The zero-order valence-electron chi connectivity index (χ0n) is 17.6. The van der Waals surface area contributed by atoms with Crippen LogP contribution in [0.4, 0.5) is 0 Å². The van der Waals surface area contributed by atoms with Crippen molar-refractivity contribution in [1.82, 2.24) is 0 Å². The molecule has 0 amide bonds. The highest BCUT2D eigenvalue weighted by atomic mass is 35.5. The molecule has 0 aliphatic carbocycles. The lowest BCUT2D eigenvalue weighted by Gasteiger charge is -2.25. The van der Waals surface area contributed by atoms with Crippen molar-refractivity contribution in [2.75, 3.05) is 6.54 Å². The van der Waals surface area contributed by atoms with Crippen LogP contribution in [0.15, 0.2) is 48.5 Å². The van der Waals surface area contributed by atoms with Gasteiger partial charge in [0.05, 0.1) is 17.9 Å². The average Bonchev–Trinajstić information content (AvgIpc) is 2.72. The van der Waals surface area contributed by atoms with Gasteiger partial charge in [0.15, 0.2) is 5.60 Å². The number of carboxylic acid groups (broad SMARTS) is 3. The molecule has 0 saturated heterocycles. The van der Waals surface area contributed by atoms with E-state index in [-0.39, 0.29) is 12.0 Å². The van der Waals surface area contributed by atoms with Crippen LogP contribution in [0.25, 0.3) is 0 Å². The minimum Gasteiger partial charge on any atom is -0.484 e. The Morgan fingerprint density at radius 3 is 1.97 bits per heavy atom. The number of benzene rings is 2. The van der Waals surface area contributed by atoms with Crippen LogP contribution < -0.4 is 10.5 Å². The third kappa shape index (κ3) is 9.27. The molecule has 2 rings (SSSR count). The summed E-state index contributed by atoms with van der Waals surface area (Å²) in [6.07, 6.45) is -2.43. The van der Waals surface area contributed by atoms with Crippen LogP contribution in [0.1, 0.15) is 31.4 Å². The molecule has 11 heteroatoms. The summed E-state index contributed by atoms with van der Waals surface area (Å²) < 4.78 is 6.07. The lowest BCUT2D eigenvalue weighted by molar-refractivity contribution is -0.170. The maximum atomic E-state index is 10.3. The van der Waals surface area contributed by atoms with Crippen molar-refractivity contribution in [1.29, 1.82) is 0 Å². The summed E-state index contributed by atoms with van der Waals surface area (Å²) in [6, 6.07) is 15.2. The van der Waals surface area contributed by atoms with E-state index >= 15 is 0 Å². The maximum absolute atomic E-state index is 10.3. The van der Waals surface area contributed by atoms with E-state index in [0.717, 1.165) is 5.56 Å². The number of halogens is 2. The monoisotopic (exact) mass is 501 g/mol. The van der Waals surface area contributed by atoms with Crippen molar-refractivity contribution in [3.05, 3.63) is 64.1 Å². The van der Waals surface area contributed by atoms with Gasteiger partial charge >= 0.3 is 17.9 Å². The Bertz CT molecular complexity index is 939. The number of hydrogen-bond donors (Lipinski definition) is 5. The molecule has 2 atom stereocenters. The van der Waals surface area contributed by atoms with E-state index in [4.69, 9.17) is 54.1 Å². The molecule has 0 aromatic heterocycles. The van der Waals surface area contributed by atoms with Crippen molar-refractivity contribution >= 4 is 41.1 Å². The number of nitrogens with two attached hydrogens (primary N) is 1. The molecule has 0 bridgehead atoms. The van der Waals surface area contributed by atoms with E-state index in [0.29, 0.717) is 22.3 Å². The molecular weight excluding hydrogens is 477 g/mol. The van der Waals surface area contributed by atoms with E-state index in [1.54, 1.807) is 18.2 Å². The highest BCUT2D eigenvalue weighted by molar-refractivity contribution is 6.35. The van der Waals surface area contributed by atoms with Gasteiger partial charge < -0.3 is 30.9 Å². The molecule has 33 heavy (non-hydrogen) atoms. The second-order valence-electron chi connectivity index (χ2n) is 7.21. The second-order valence-corrected chi connectivity index (χ2v) is 8.06. The Hall–Kier alpha value is -2.85. The fourth-order valence-corrected chi connectivity index (χ4v) is 3.15. The summed E-state index contributed by atoms with van der Waals surface area (Å²) in [7, 11) is 0. The number of rotatable bonds is 10. The molecule has 0 saturated carbocycles. The maximum Gasteiger partial charge on any atom is 0.336 e. The lowest BCUT2D eigenvalue weighted by atomic mass is 9.96. The molecule has 0 radical (unpaired) electrons. The van der Waals surface area contributed by atoms with E-state index < -0.39 is 36.4 Å². The van der Waals surface area contributed by atoms with E-state index in [1.807, 2.05) is 30.3 Å². The van der Waals surface area contributed by atoms with Crippen LogP contribution in [0, 0.1) is 5.92 Å². The van der Waals surface area contributed by atoms with Crippen LogP contribution in [0.3, 0.4) is 0 Å². The molecule has 0 spiro atoms. The van der Waals surface area contributed by atoms with Gasteiger partial charge in [0.25, 0.3) is 0 Å². The summed E-state index contributed by atoms with van der Waals surface area (Å²) >= 11 is 12.1. The van der Waals surface area contributed by atoms with Gasteiger partial charge in [-0.25, -0.2) is 4.79 Å². The van der Waals surface area contributed by atoms with Crippen molar-refractivity contribution < 1.29 is 39.5 Å². The molecule has 2 unspecified atom stereocenters. The molecule has 0 heterocycles. The quantitative estimate of drug-likeness (QED) is 0.327. The smallest absolute Gasteiger partial charge is 0.336 e. The van der Waals surface area contributed by atoms with Gasteiger partial charge in [0.1, 0.15) is 11.9 Å². The molecule has 0 aliphatic heterocycles. The van der Waals surface area contributed by atoms with E-state index in [1.165, 1.54) is 0 Å². The summed E-state index contributed by atoms with van der Waals surface area (Å²) in [5, 5.41) is 34.9. The van der Waals surface area contributed by atoms with Crippen LogP contribution in [0.5, 0.6) is 5.75 Å². The Balaban J connectivity index is 0.000000366. The van der Waals surface area contributed by atoms with Gasteiger partial charge in [0.2, 0.25) is 0 Å². The first kappa shape index (κ1) is 28.2. The van der Waals surface area contributed by atoms with E-state index in [2.05, 4.69) is 6.92 Å². The number of ether oxygens (including phenoxy) is 1. The zero-order chi connectivity index (χ0) is 25.2. The van der Waals surface area contributed by atoms with Crippen molar-refractivity contribution in [2.45, 2.75) is 31.5 Å². The number of aliphatic carboxylic acids is 3. The van der Waals surface area contributed by atoms with Gasteiger partial charge in [-0.05, 0) is 30.3 Å². The first-order chi connectivity index (χ1) is 15.4. The Labute approximate surface area is 200 Å². The van der Waals surface area contributed by atoms with Crippen molar-refractivity contribution in [2.24, 2.45) is 11.7 Å². The SMILES string of the molecule is CC(CN)C(Oc1ccc(Cl)cc1Cl)c1ccccc1.O=C(O)CC(O)(CC(=O)O)C(=O)O.